The molecule has 148 valence electrons. The second-order valence-electron chi connectivity index (χ2n) is 6.69. The van der Waals surface area contributed by atoms with Gasteiger partial charge in [0, 0.05) is 23.3 Å². The van der Waals surface area contributed by atoms with Crippen LogP contribution in [0.2, 0.25) is 0 Å². The Bertz CT molecular complexity index is 961. The molecule has 0 fully saturated rings. The Morgan fingerprint density at radius 2 is 1.93 bits per heavy atom. The Hall–Kier alpha value is -3.38. The first kappa shape index (κ1) is 21.9. The predicted octanol–water partition coefficient (Wildman–Crippen LogP) is 5.58. The third-order valence-electron chi connectivity index (χ3n) is 4.54. The second kappa shape index (κ2) is 11.5. The number of carbonyl (C=O) groups is 1. The Morgan fingerprint density at radius 1 is 1.17 bits per heavy atom. The lowest BCUT2D eigenvalue weighted by atomic mass is 9.96. The van der Waals surface area contributed by atoms with Gasteiger partial charge in [0.25, 0.3) is 0 Å². The number of halogens is 1. The monoisotopic (exact) mass is 387 g/mol. The highest BCUT2D eigenvalue weighted by molar-refractivity contribution is 5.94. The Morgan fingerprint density at radius 3 is 2.59 bits per heavy atom. The first-order valence-corrected chi connectivity index (χ1v) is 9.67. The van der Waals surface area contributed by atoms with Gasteiger partial charge in [-0.05, 0) is 42.2 Å². The van der Waals surface area contributed by atoms with Crippen molar-refractivity contribution in [2.45, 2.75) is 26.8 Å². The fourth-order valence-corrected chi connectivity index (χ4v) is 2.61. The van der Waals surface area contributed by atoms with Crippen LogP contribution in [-0.2, 0) is 11.3 Å². The third kappa shape index (κ3) is 7.27. The first-order chi connectivity index (χ1) is 14.0. The van der Waals surface area contributed by atoms with Crippen LogP contribution in [-0.4, -0.2) is 5.91 Å². The zero-order chi connectivity index (χ0) is 21.1. The van der Waals surface area contributed by atoms with Gasteiger partial charge >= 0.3 is 0 Å². The van der Waals surface area contributed by atoms with E-state index in [9.17, 15) is 9.18 Å². The Labute approximate surface area is 172 Å². The van der Waals surface area contributed by atoms with E-state index in [4.69, 9.17) is 0 Å². The van der Waals surface area contributed by atoms with Crippen molar-refractivity contribution in [2.75, 3.05) is 0 Å². The molecule has 0 saturated heterocycles. The lowest BCUT2D eigenvalue weighted by molar-refractivity contribution is -0.118. The topological polar surface area (TPSA) is 29.1 Å². The summed E-state index contributed by atoms with van der Waals surface area (Å²) in [6.07, 6.45) is 6.05. The van der Waals surface area contributed by atoms with E-state index in [0.717, 1.165) is 12.0 Å². The van der Waals surface area contributed by atoms with E-state index in [0.29, 0.717) is 23.3 Å². The minimum Gasteiger partial charge on any atom is -0.348 e. The van der Waals surface area contributed by atoms with Crippen molar-refractivity contribution in [2.24, 2.45) is 5.92 Å². The lowest BCUT2D eigenvalue weighted by Crippen LogP contribution is -2.27. The molecule has 0 aliphatic heterocycles. The van der Waals surface area contributed by atoms with E-state index >= 15 is 0 Å². The van der Waals surface area contributed by atoms with Crippen LogP contribution < -0.4 is 5.32 Å². The van der Waals surface area contributed by atoms with E-state index < -0.39 is 0 Å². The molecule has 1 N–H and O–H groups in total. The van der Waals surface area contributed by atoms with Crippen LogP contribution in [0, 0.1) is 23.6 Å². The normalized spacial score (nSPS) is 12.5. The molecule has 2 nitrogen and oxygen atoms in total. The summed E-state index contributed by atoms with van der Waals surface area (Å²) in [6, 6.07) is 15.9. The van der Waals surface area contributed by atoms with Gasteiger partial charge in [0.2, 0.25) is 5.91 Å². The van der Waals surface area contributed by atoms with Crippen LogP contribution in [0.5, 0.6) is 0 Å². The molecule has 0 aliphatic carbocycles. The summed E-state index contributed by atoms with van der Waals surface area (Å²) in [5.41, 5.74) is 2.98. The molecule has 3 heteroatoms. The van der Waals surface area contributed by atoms with Crippen molar-refractivity contribution < 1.29 is 9.18 Å². The maximum absolute atomic E-state index is 13.3. The maximum Gasteiger partial charge on any atom is 0.247 e. The van der Waals surface area contributed by atoms with Gasteiger partial charge in [0.1, 0.15) is 5.82 Å². The fourth-order valence-electron chi connectivity index (χ4n) is 2.61. The highest BCUT2D eigenvalue weighted by Gasteiger charge is 2.14. The quantitative estimate of drug-likeness (QED) is 0.375. The predicted molar refractivity (Wildman–Crippen MR) is 117 cm³/mol. The molecule has 2 aromatic carbocycles. The molecule has 0 saturated carbocycles. The van der Waals surface area contributed by atoms with E-state index in [-0.39, 0.29) is 17.6 Å². The summed E-state index contributed by atoms with van der Waals surface area (Å²) >= 11 is 0. The molecule has 2 aromatic rings. The van der Waals surface area contributed by atoms with Crippen LogP contribution >= 0.6 is 0 Å². The Kier molecular flexibility index (Phi) is 8.66. The highest BCUT2D eigenvalue weighted by atomic mass is 19.1. The molecule has 1 amide bonds. The number of carbonyl (C=O) groups excluding carboxylic acids is 1. The van der Waals surface area contributed by atoms with Gasteiger partial charge in [-0.15, -0.1) is 0 Å². The average molecular weight is 387 g/mol. The molecule has 1 unspecified atom stereocenters. The molecule has 29 heavy (non-hydrogen) atoms. The third-order valence-corrected chi connectivity index (χ3v) is 4.54. The Balaban J connectivity index is 2.18. The van der Waals surface area contributed by atoms with Gasteiger partial charge in [0.15, 0.2) is 0 Å². The average Bonchev–Trinajstić information content (AvgIpc) is 2.75. The van der Waals surface area contributed by atoms with Gasteiger partial charge in [-0.1, -0.05) is 80.8 Å². The molecule has 0 aromatic heterocycles. The standard InChI is InChI=1S/C26H26FNO/c1-4-20(3)25(26(29)28-19-23-10-7-6-8-11-23)17-16-21(5-2)14-15-22-12-9-13-24(27)18-22/h5-13,16-18,20H,2,4,19H2,1,3H3,(H,28,29). The van der Waals surface area contributed by atoms with Crippen LogP contribution in [0.3, 0.4) is 0 Å². The number of nitrogens with one attached hydrogen (secondary N) is 1. The summed E-state index contributed by atoms with van der Waals surface area (Å²) < 4.78 is 13.3. The SMILES string of the molecule is C=CC(C#Cc1cccc(F)c1)=CC=C(C(=O)NCc1ccccc1)C(C)CC. The van der Waals surface area contributed by atoms with Crippen LogP contribution in [0.25, 0.3) is 0 Å². The summed E-state index contributed by atoms with van der Waals surface area (Å²) in [5.74, 6) is 5.57. The lowest BCUT2D eigenvalue weighted by Gasteiger charge is -2.14. The molecular formula is C26H26FNO. The first-order valence-electron chi connectivity index (χ1n) is 9.67. The number of benzene rings is 2. The number of hydrogen-bond acceptors (Lipinski definition) is 1. The van der Waals surface area contributed by atoms with E-state index in [1.54, 1.807) is 30.4 Å². The smallest absolute Gasteiger partial charge is 0.247 e. The highest BCUT2D eigenvalue weighted by Crippen LogP contribution is 2.16. The zero-order valence-corrected chi connectivity index (χ0v) is 16.9. The molecule has 2 rings (SSSR count). The zero-order valence-electron chi connectivity index (χ0n) is 16.9. The summed E-state index contributed by atoms with van der Waals surface area (Å²) in [4.78, 5) is 12.7. The van der Waals surface area contributed by atoms with E-state index in [2.05, 4.69) is 23.7 Å². The number of amides is 1. The van der Waals surface area contributed by atoms with Crippen LogP contribution in [0.4, 0.5) is 4.39 Å². The summed E-state index contributed by atoms with van der Waals surface area (Å²) in [6.45, 7) is 8.33. The minimum atomic E-state index is -0.324. The van der Waals surface area contributed by atoms with Crippen molar-refractivity contribution >= 4 is 5.91 Å². The summed E-state index contributed by atoms with van der Waals surface area (Å²) in [5, 5.41) is 2.98. The maximum atomic E-state index is 13.3. The summed E-state index contributed by atoms with van der Waals surface area (Å²) in [7, 11) is 0. The van der Waals surface area contributed by atoms with Crippen molar-refractivity contribution in [1.29, 1.82) is 0 Å². The van der Waals surface area contributed by atoms with Crippen LogP contribution in [0.1, 0.15) is 31.4 Å². The molecule has 0 aliphatic rings. The molecule has 0 spiro atoms. The molecule has 0 heterocycles. The van der Waals surface area contributed by atoms with Crippen molar-refractivity contribution in [3.63, 3.8) is 0 Å². The van der Waals surface area contributed by atoms with E-state index in [1.807, 2.05) is 44.2 Å². The van der Waals surface area contributed by atoms with Crippen molar-refractivity contribution in [3.05, 3.63) is 107 Å². The molecular weight excluding hydrogens is 361 g/mol. The van der Waals surface area contributed by atoms with Gasteiger partial charge < -0.3 is 5.32 Å². The largest absolute Gasteiger partial charge is 0.348 e. The molecule has 1 atom stereocenters. The molecule has 0 radical (unpaired) electrons. The van der Waals surface area contributed by atoms with Crippen molar-refractivity contribution in [1.82, 2.24) is 5.32 Å². The second-order valence-corrected chi connectivity index (χ2v) is 6.69. The minimum absolute atomic E-state index is 0.0963. The van der Waals surface area contributed by atoms with Gasteiger partial charge in [-0.25, -0.2) is 4.39 Å². The van der Waals surface area contributed by atoms with Gasteiger partial charge in [-0.3, -0.25) is 4.79 Å². The fraction of sp³-hybridized carbons (Fsp3) is 0.192. The number of rotatable bonds is 7. The van der Waals surface area contributed by atoms with Crippen LogP contribution in [0.15, 0.2) is 90.6 Å². The van der Waals surface area contributed by atoms with Gasteiger partial charge in [0.05, 0.1) is 0 Å². The number of hydrogen-bond donors (Lipinski definition) is 1. The van der Waals surface area contributed by atoms with E-state index in [1.165, 1.54) is 12.1 Å². The molecule has 0 bridgehead atoms. The van der Waals surface area contributed by atoms with Crippen molar-refractivity contribution in [3.8, 4) is 11.8 Å². The number of allylic oxidation sites excluding steroid dienone is 4. The van der Waals surface area contributed by atoms with Gasteiger partial charge in [-0.2, -0.15) is 0 Å².